The number of rotatable bonds is 4. The van der Waals surface area contributed by atoms with Gasteiger partial charge in [0.05, 0.1) is 5.75 Å². The van der Waals surface area contributed by atoms with E-state index >= 15 is 0 Å². The largest absolute Gasteiger partial charge is 0.411 e. The summed E-state index contributed by atoms with van der Waals surface area (Å²) in [6, 6.07) is 7.67. The smallest absolute Gasteiger partial charge is 0.277 e. The first-order chi connectivity index (χ1) is 11.1. The van der Waals surface area contributed by atoms with Crippen LogP contribution < -0.4 is 0 Å². The third kappa shape index (κ3) is 4.35. The Kier molecular flexibility index (Phi) is 5.38. The lowest BCUT2D eigenvalue weighted by atomic mass is 10.0. The Morgan fingerprint density at radius 1 is 1.39 bits per heavy atom. The molecule has 5 nitrogen and oxygen atoms in total. The van der Waals surface area contributed by atoms with Crippen molar-refractivity contribution in [3.05, 3.63) is 28.7 Å². The van der Waals surface area contributed by atoms with E-state index in [1.807, 2.05) is 29.2 Å². The van der Waals surface area contributed by atoms with Crippen LogP contribution in [-0.2, 0) is 4.79 Å². The number of nitrogens with zero attached hydrogens (tertiary/aromatic N) is 3. The van der Waals surface area contributed by atoms with Gasteiger partial charge in [0.25, 0.3) is 5.22 Å². The number of benzene rings is 1. The molecule has 1 amide bonds. The van der Waals surface area contributed by atoms with E-state index in [-0.39, 0.29) is 5.91 Å². The number of halogens is 1. The lowest BCUT2D eigenvalue weighted by Gasteiger charge is -2.30. The Morgan fingerprint density at radius 3 is 2.91 bits per heavy atom. The fourth-order valence-electron chi connectivity index (χ4n) is 2.61. The molecule has 1 aliphatic heterocycles. The molecule has 1 aromatic heterocycles. The van der Waals surface area contributed by atoms with Crippen molar-refractivity contribution in [3.8, 4) is 11.5 Å². The van der Waals surface area contributed by atoms with Crippen LogP contribution in [0.15, 0.2) is 38.4 Å². The molecule has 0 radical (unpaired) electrons. The van der Waals surface area contributed by atoms with Gasteiger partial charge >= 0.3 is 0 Å². The predicted molar refractivity (Wildman–Crippen MR) is 93.1 cm³/mol. The van der Waals surface area contributed by atoms with E-state index in [1.54, 1.807) is 0 Å². The number of carbonyl (C=O) groups is 1. The Labute approximate surface area is 148 Å². The minimum absolute atomic E-state index is 0.143. The molecular weight excluding hydrogens is 378 g/mol. The first kappa shape index (κ1) is 16.5. The van der Waals surface area contributed by atoms with Gasteiger partial charge in [0, 0.05) is 23.1 Å². The van der Waals surface area contributed by atoms with Crippen molar-refractivity contribution < 1.29 is 9.21 Å². The van der Waals surface area contributed by atoms with Crippen molar-refractivity contribution in [2.75, 3.05) is 18.8 Å². The number of thioether (sulfide) groups is 1. The Balaban J connectivity index is 1.56. The molecule has 1 saturated heterocycles. The first-order valence-electron chi connectivity index (χ1n) is 7.62. The van der Waals surface area contributed by atoms with E-state index in [2.05, 4.69) is 33.1 Å². The number of aromatic nitrogens is 2. The summed E-state index contributed by atoms with van der Waals surface area (Å²) in [4.78, 5) is 14.2. The Hall–Kier alpha value is -1.34. The molecule has 2 heterocycles. The second-order valence-corrected chi connectivity index (χ2v) is 7.60. The molecule has 0 bridgehead atoms. The van der Waals surface area contributed by atoms with E-state index in [9.17, 15) is 4.79 Å². The molecule has 1 aromatic carbocycles. The SMILES string of the molecule is C[C@@H]1CCCN(C(=O)CSc2nnc(-c3ccc(Br)cc3)o2)C1. The highest BCUT2D eigenvalue weighted by atomic mass is 79.9. The highest BCUT2D eigenvalue weighted by molar-refractivity contribution is 9.10. The number of carbonyl (C=O) groups excluding carboxylic acids is 1. The minimum Gasteiger partial charge on any atom is -0.411 e. The van der Waals surface area contributed by atoms with Crippen LogP contribution in [0.25, 0.3) is 11.5 Å². The van der Waals surface area contributed by atoms with Crippen LogP contribution >= 0.6 is 27.7 Å². The molecular formula is C16H18BrN3O2S. The number of likely N-dealkylation sites (tertiary alicyclic amines) is 1. The highest BCUT2D eigenvalue weighted by Crippen LogP contribution is 2.25. The number of piperidine rings is 1. The summed E-state index contributed by atoms with van der Waals surface area (Å²) in [6.07, 6.45) is 2.29. The van der Waals surface area contributed by atoms with Crippen LogP contribution in [0.2, 0.25) is 0 Å². The zero-order chi connectivity index (χ0) is 16.2. The van der Waals surface area contributed by atoms with E-state index in [1.165, 1.54) is 18.2 Å². The summed E-state index contributed by atoms with van der Waals surface area (Å²) < 4.78 is 6.62. The fraction of sp³-hybridized carbons (Fsp3) is 0.438. The van der Waals surface area contributed by atoms with E-state index in [0.29, 0.717) is 22.8 Å². The molecule has 23 heavy (non-hydrogen) atoms. The molecule has 0 N–H and O–H groups in total. The molecule has 7 heteroatoms. The molecule has 2 aromatic rings. The summed E-state index contributed by atoms with van der Waals surface area (Å²) in [5.74, 6) is 1.54. The third-order valence-corrected chi connectivity index (χ3v) is 5.16. The molecule has 0 unspecified atom stereocenters. The topological polar surface area (TPSA) is 59.2 Å². The standard InChI is InChI=1S/C16H18BrN3O2S/c1-11-3-2-8-20(9-11)14(21)10-23-16-19-18-15(22-16)12-4-6-13(17)7-5-12/h4-7,11H,2-3,8-10H2,1H3/t11-/m1/s1. The second kappa shape index (κ2) is 7.49. The minimum atomic E-state index is 0.143. The number of amides is 1. The summed E-state index contributed by atoms with van der Waals surface area (Å²) in [7, 11) is 0. The maximum atomic E-state index is 12.2. The first-order valence-corrected chi connectivity index (χ1v) is 9.39. The zero-order valence-electron chi connectivity index (χ0n) is 12.9. The molecule has 1 atom stereocenters. The Morgan fingerprint density at radius 2 is 2.17 bits per heavy atom. The molecule has 1 aliphatic rings. The molecule has 122 valence electrons. The maximum Gasteiger partial charge on any atom is 0.277 e. The van der Waals surface area contributed by atoms with E-state index < -0.39 is 0 Å². The van der Waals surface area contributed by atoms with Crippen LogP contribution in [0.1, 0.15) is 19.8 Å². The third-order valence-electron chi connectivity index (χ3n) is 3.83. The molecule has 1 fully saturated rings. The molecule has 3 rings (SSSR count). The van der Waals surface area contributed by atoms with Gasteiger partial charge in [-0.1, -0.05) is 34.6 Å². The van der Waals surface area contributed by atoms with Gasteiger partial charge in [-0.2, -0.15) is 0 Å². The fourth-order valence-corrected chi connectivity index (χ4v) is 3.54. The van der Waals surface area contributed by atoms with Gasteiger partial charge in [-0.25, -0.2) is 0 Å². The lowest BCUT2D eigenvalue weighted by Crippen LogP contribution is -2.40. The van der Waals surface area contributed by atoms with Crippen molar-refractivity contribution in [1.29, 1.82) is 0 Å². The lowest BCUT2D eigenvalue weighted by molar-refractivity contribution is -0.130. The number of hydrogen-bond acceptors (Lipinski definition) is 5. The second-order valence-electron chi connectivity index (χ2n) is 5.76. The van der Waals surface area contributed by atoms with Gasteiger partial charge in [-0.05, 0) is 43.0 Å². The van der Waals surface area contributed by atoms with Crippen molar-refractivity contribution in [3.63, 3.8) is 0 Å². The van der Waals surface area contributed by atoms with Gasteiger partial charge in [0.1, 0.15) is 0 Å². The molecule has 0 spiro atoms. The average Bonchev–Trinajstić information content (AvgIpc) is 3.02. The van der Waals surface area contributed by atoms with Crippen LogP contribution in [-0.4, -0.2) is 39.8 Å². The Bertz CT molecular complexity index is 674. The van der Waals surface area contributed by atoms with Gasteiger partial charge in [-0.3, -0.25) is 4.79 Å². The van der Waals surface area contributed by atoms with Gasteiger partial charge in [-0.15, -0.1) is 10.2 Å². The summed E-state index contributed by atoms with van der Waals surface area (Å²) in [5, 5.41) is 8.48. The maximum absolute atomic E-state index is 12.2. The normalized spacial score (nSPS) is 18.2. The van der Waals surface area contributed by atoms with Crippen molar-refractivity contribution in [1.82, 2.24) is 15.1 Å². The van der Waals surface area contributed by atoms with Crippen LogP contribution in [0.4, 0.5) is 0 Å². The predicted octanol–water partition coefficient (Wildman–Crippen LogP) is 3.85. The van der Waals surface area contributed by atoms with Crippen LogP contribution in [0, 0.1) is 5.92 Å². The van der Waals surface area contributed by atoms with Crippen molar-refractivity contribution in [2.45, 2.75) is 25.0 Å². The number of hydrogen-bond donors (Lipinski definition) is 0. The van der Waals surface area contributed by atoms with Gasteiger partial charge in [0.15, 0.2) is 0 Å². The van der Waals surface area contributed by atoms with Crippen molar-refractivity contribution >= 4 is 33.6 Å². The van der Waals surface area contributed by atoms with Crippen LogP contribution in [0.3, 0.4) is 0 Å². The summed E-state index contributed by atoms with van der Waals surface area (Å²) in [6.45, 7) is 3.90. The molecule has 0 aliphatic carbocycles. The van der Waals surface area contributed by atoms with Gasteiger partial charge < -0.3 is 9.32 Å². The average molecular weight is 396 g/mol. The quantitative estimate of drug-likeness (QED) is 0.735. The van der Waals surface area contributed by atoms with E-state index in [0.717, 1.165) is 29.5 Å². The van der Waals surface area contributed by atoms with Crippen LogP contribution in [0.5, 0.6) is 0 Å². The molecule has 0 saturated carbocycles. The van der Waals surface area contributed by atoms with Crippen molar-refractivity contribution in [2.24, 2.45) is 5.92 Å². The zero-order valence-corrected chi connectivity index (χ0v) is 15.3. The summed E-state index contributed by atoms with van der Waals surface area (Å²) >= 11 is 4.69. The van der Waals surface area contributed by atoms with E-state index in [4.69, 9.17) is 4.42 Å². The highest BCUT2D eigenvalue weighted by Gasteiger charge is 2.21. The monoisotopic (exact) mass is 395 g/mol. The van der Waals surface area contributed by atoms with Gasteiger partial charge in [0.2, 0.25) is 11.8 Å². The summed E-state index contributed by atoms with van der Waals surface area (Å²) in [5.41, 5.74) is 0.865.